The number of amides is 2. The van der Waals surface area contributed by atoms with Crippen LogP contribution >= 0.6 is 0 Å². The molecule has 1 aliphatic heterocycles. The second kappa shape index (κ2) is 7.74. The van der Waals surface area contributed by atoms with E-state index in [0.29, 0.717) is 12.4 Å². The minimum absolute atomic E-state index is 0.0442. The number of hydrogen-bond acceptors (Lipinski definition) is 4. The molecule has 7 heteroatoms. The lowest BCUT2D eigenvalue weighted by atomic mass is 9.99. The molecule has 2 atom stereocenters. The van der Waals surface area contributed by atoms with Gasteiger partial charge in [0.1, 0.15) is 17.6 Å². The molecule has 3 heterocycles. The van der Waals surface area contributed by atoms with Gasteiger partial charge in [0, 0.05) is 26.9 Å². The van der Waals surface area contributed by atoms with Crippen molar-refractivity contribution in [2.75, 3.05) is 20.3 Å². The Morgan fingerprint density at radius 2 is 2.28 bits per heavy atom. The highest BCUT2D eigenvalue weighted by atomic mass is 16.5. The lowest BCUT2D eigenvalue weighted by molar-refractivity contribution is 0.125. The highest BCUT2D eigenvalue weighted by Gasteiger charge is 2.31. The summed E-state index contributed by atoms with van der Waals surface area (Å²) in [7, 11) is 3.54. The zero-order valence-electron chi connectivity index (χ0n) is 15.1. The highest BCUT2D eigenvalue weighted by Crippen LogP contribution is 2.31. The molecule has 0 spiro atoms. The number of methoxy groups -OCH3 is 1. The average molecular weight is 346 g/mol. The van der Waals surface area contributed by atoms with Gasteiger partial charge in [-0.3, -0.25) is 4.68 Å². The van der Waals surface area contributed by atoms with Crippen LogP contribution in [0.5, 0.6) is 0 Å². The number of aryl methyl sites for hydroxylation is 2. The molecule has 1 saturated heterocycles. The Labute approximate surface area is 147 Å². The molecule has 2 aromatic rings. The molecule has 0 unspecified atom stereocenters. The van der Waals surface area contributed by atoms with Crippen molar-refractivity contribution in [3.05, 3.63) is 41.6 Å². The van der Waals surface area contributed by atoms with Gasteiger partial charge in [-0.2, -0.15) is 5.10 Å². The molecular formula is C18H26N4O3. The maximum atomic E-state index is 13.0. The van der Waals surface area contributed by atoms with Crippen LogP contribution in [0.15, 0.2) is 28.8 Å². The van der Waals surface area contributed by atoms with Crippen molar-refractivity contribution >= 4 is 6.03 Å². The number of carbonyl (C=O) groups excluding carboxylic acids is 1. The number of nitrogens with zero attached hydrogens (tertiary/aromatic N) is 3. The van der Waals surface area contributed by atoms with E-state index in [9.17, 15) is 4.79 Å². The number of nitrogens with one attached hydrogen (secondary N) is 1. The molecule has 25 heavy (non-hydrogen) atoms. The van der Waals surface area contributed by atoms with Crippen LogP contribution in [0, 0.1) is 6.92 Å². The number of rotatable bonds is 5. The normalized spacial score (nSPS) is 19.0. The molecule has 0 bridgehead atoms. The van der Waals surface area contributed by atoms with Gasteiger partial charge in [0.15, 0.2) is 0 Å². The highest BCUT2D eigenvalue weighted by molar-refractivity contribution is 5.75. The minimum atomic E-state index is -0.305. The third kappa shape index (κ3) is 3.87. The van der Waals surface area contributed by atoms with Crippen molar-refractivity contribution in [3.63, 3.8) is 0 Å². The Bertz CT molecular complexity index is 709. The van der Waals surface area contributed by atoms with Crippen molar-refractivity contribution in [1.29, 1.82) is 0 Å². The van der Waals surface area contributed by atoms with Gasteiger partial charge in [-0.1, -0.05) is 0 Å². The quantitative estimate of drug-likeness (QED) is 0.903. The lowest BCUT2D eigenvalue weighted by Gasteiger charge is -2.36. The Kier molecular flexibility index (Phi) is 5.43. The molecule has 3 rings (SSSR count). The van der Waals surface area contributed by atoms with Crippen LogP contribution in [0.25, 0.3) is 0 Å². The summed E-state index contributed by atoms with van der Waals surface area (Å²) in [6, 6.07) is 5.40. The van der Waals surface area contributed by atoms with Gasteiger partial charge in [0.2, 0.25) is 0 Å². The number of furan rings is 1. The van der Waals surface area contributed by atoms with Crippen LogP contribution in [0.2, 0.25) is 0 Å². The molecule has 0 radical (unpaired) electrons. The molecule has 0 saturated carbocycles. The fourth-order valence-corrected chi connectivity index (χ4v) is 3.43. The maximum absolute atomic E-state index is 13.0. The fraction of sp³-hybridized carbons (Fsp3) is 0.556. The summed E-state index contributed by atoms with van der Waals surface area (Å²) in [5.41, 5.74) is 1.06. The Balaban J connectivity index is 1.76. The van der Waals surface area contributed by atoms with E-state index in [2.05, 4.69) is 10.4 Å². The SMILES string of the molecule is COC[C@H](NC(=O)N1CCCC[C@H]1c1ccnn1C)c1ccc(C)o1. The van der Waals surface area contributed by atoms with Crippen LogP contribution in [0.4, 0.5) is 4.79 Å². The standard InChI is InChI=1S/C18H26N4O3/c1-13-7-8-17(25-13)14(12-24-3)20-18(23)22-11-5-4-6-16(22)15-9-10-19-21(15)2/h7-10,14,16H,4-6,11-12H2,1-3H3,(H,20,23)/t14-,16-/m0/s1. The van der Waals surface area contributed by atoms with Crippen molar-refractivity contribution in [3.8, 4) is 0 Å². The van der Waals surface area contributed by atoms with E-state index in [1.165, 1.54) is 0 Å². The first-order valence-electron chi connectivity index (χ1n) is 8.70. The van der Waals surface area contributed by atoms with Gasteiger partial charge in [-0.15, -0.1) is 0 Å². The molecule has 1 fully saturated rings. The Morgan fingerprint density at radius 1 is 1.44 bits per heavy atom. The molecule has 2 amide bonds. The summed E-state index contributed by atoms with van der Waals surface area (Å²) in [5, 5.41) is 7.32. The van der Waals surface area contributed by atoms with Crippen LogP contribution in [-0.2, 0) is 11.8 Å². The van der Waals surface area contributed by atoms with Crippen molar-refractivity contribution in [1.82, 2.24) is 20.0 Å². The third-order valence-electron chi connectivity index (χ3n) is 4.70. The van der Waals surface area contributed by atoms with Crippen molar-refractivity contribution in [2.24, 2.45) is 7.05 Å². The van der Waals surface area contributed by atoms with E-state index < -0.39 is 0 Å². The molecule has 136 valence electrons. The third-order valence-corrected chi connectivity index (χ3v) is 4.70. The fourth-order valence-electron chi connectivity index (χ4n) is 3.43. The summed E-state index contributed by atoms with van der Waals surface area (Å²) >= 11 is 0. The van der Waals surface area contributed by atoms with E-state index in [1.54, 1.807) is 13.3 Å². The predicted octanol–water partition coefficient (Wildman–Crippen LogP) is 2.95. The average Bonchev–Trinajstić information content (AvgIpc) is 3.22. The Morgan fingerprint density at radius 3 is 2.92 bits per heavy atom. The van der Waals surface area contributed by atoms with Gasteiger partial charge < -0.3 is 19.4 Å². The van der Waals surface area contributed by atoms with Gasteiger partial charge in [0.25, 0.3) is 0 Å². The number of urea groups is 1. The monoisotopic (exact) mass is 346 g/mol. The first-order chi connectivity index (χ1) is 12.1. The van der Waals surface area contributed by atoms with Crippen LogP contribution in [0.3, 0.4) is 0 Å². The van der Waals surface area contributed by atoms with Gasteiger partial charge in [-0.05, 0) is 44.4 Å². The first kappa shape index (κ1) is 17.5. The molecule has 1 N–H and O–H groups in total. The lowest BCUT2D eigenvalue weighted by Crippen LogP contribution is -2.46. The number of likely N-dealkylation sites (tertiary alicyclic amines) is 1. The van der Waals surface area contributed by atoms with E-state index in [4.69, 9.17) is 9.15 Å². The van der Waals surface area contributed by atoms with Crippen LogP contribution in [0.1, 0.15) is 48.6 Å². The van der Waals surface area contributed by atoms with Crippen molar-refractivity contribution in [2.45, 2.75) is 38.3 Å². The van der Waals surface area contributed by atoms with Crippen molar-refractivity contribution < 1.29 is 13.9 Å². The number of hydrogen-bond donors (Lipinski definition) is 1. The minimum Gasteiger partial charge on any atom is -0.464 e. The zero-order chi connectivity index (χ0) is 17.8. The molecule has 7 nitrogen and oxygen atoms in total. The van der Waals surface area contributed by atoms with Gasteiger partial charge in [0.05, 0.1) is 18.3 Å². The van der Waals surface area contributed by atoms with Gasteiger partial charge in [-0.25, -0.2) is 4.79 Å². The van der Waals surface area contributed by atoms with E-state index in [1.807, 2.05) is 41.8 Å². The Hall–Kier alpha value is -2.28. The summed E-state index contributed by atoms with van der Waals surface area (Å²) in [5.74, 6) is 1.53. The molecule has 2 aromatic heterocycles. The molecule has 1 aliphatic rings. The molecule has 0 aromatic carbocycles. The molecule has 0 aliphatic carbocycles. The zero-order valence-corrected chi connectivity index (χ0v) is 15.1. The molecular weight excluding hydrogens is 320 g/mol. The summed E-state index contributed by atoms with van der Waals surface area (Å²) in [6.07, 6.45) is 4.84. The van der Waals surface area contributed by atoms with Gasteiger partial charge >= 0.3 is 6.03 Å². The van der Waals surface area contributed by atoms with E-state index in [0.717, 1.165) is 37.3 Å². The number of aromatic nitrogens is 2. The first-order valence-corrected chi connectivity index (χ1v) is 8.70. The second-order valence-electron chi connectivity index (χ2n) is 6.49. The smallest absolute Gasteiger partial charge is 0.318 e. The van der Waals surface area contributed by atoms with Crippen LogP contribution < -0.4 is 5.32 Å². The van der Waals surface area contributed by atoms with Crippen LogP contribution in [-0.4, -0.2) is 41.0 Å². The topological polar surface area (TPSA) is 72.5 Å². The van der Waals surface area contributed by atoms with E-state index in [-0.39, 0.29) is 18.1 Å². The number of ether oxygens (including phenoxy) is 1. The summed E-state index contributed by atoms with van der Waals surface area (Å²) < 4.78 is 12.8. The second-order valence-corrected chi connectivity index (χ2v) is 6.49. The largest absolute Gasteiger partial charge is 0.464 e. The van der Waals surface area contributed by atoms with E-state index >= 15 is 0 Å². The summed E-state index contributed by atoms with van der Waals surface area (Å²) in [6.45, 7) is 2.99. The maximum Gasteiger partial charge on any atom is 0.318 e. The number of carbonyl (C=O) groups is 1. The summed E-state index contributed by atoms with van der Waals surface area (Å²) in [4.78, 5) is 14.9. The number of piperidine rings is 1. The predicted molar refractivity (Wildman–Crippen MR) is 93.1 cm³/mol.